The number of nitrogens with one attached hydrogen (secondary N) is 2. The lowest BCUT2D eigenvalue weighted by molar-refractivity contribution is -0.133. The Kier molecular flexibility index (Phi) is 5.21. The van der Waals surface area contributed by atoms with Crippen molar-refractivity contribution < 1.29 is 19.2 Å². The van der Waals surface area contributed by atoms with Crippen LogP contribution in [0.3, 0.4) is 0 Å². The molecule has 0 heterocycles. The van der Waals surface area contributed by atoms with Gasteiger partial charge in [-0.2, -0.15) is 0 Å². The van der Waals surface area contributed by atoms with Gasteiger partial charge < -0.3 is 10.6 Å². The number of aryl methyl sites for hydroxylation is 2. The number of carbonyl (C=O) groups excluding carboxylic acids is 4. The van der Waals surface area contributed by atoms with Crippen molar-refractivity contribution in [3.63, 3.8) is 0 Å². The third kappa shape index (κ3) is 3.55. The van der Waals surface area contributed by atoms with Crippen molar-refractivity contribution in [1.29, 1.82) is 0 Å². The molecule has 0 aliphatic heterocycles. The van der Waals surface area contributed by atoms with Crippen molar-refractivity contribution in [3.05, 3.63) is 58.7 Å². The first-order valence-corrected chi connectivity index (χ1v) is 7.20. The minimum Gasteiger partial charge on any atom is -0.317 e. The SMILES string of the molecule is Cc1cccc(C=O)c1NC(=O)C(=O)Nc1c(C)cccc1C=O. The average molecular weight is 324 g/mol. The molecule has 0 spiro atoms. The zero-order chi connectivity index (χ0) is 17.7. The van der Waals surface area contributed by atoms with E-state index < -0.39 is 11.8 Å². The molecule has 2 amide bonds. The molecular formula is C18H16N2O4. The molecule has 0 saturated heterocycles. The second-order valence-corrected chi connectivity index (χ2v) is 5.22. The zero-order valence-corrected chi connectivity index (χ0v) is 13.3. The van der Waals surface area contributed by atoms with E-state index in [1.54, 1.807) is 50.2 Å². The smallest absolute Gasteiger partial charge is 0.314 e. The molecule has 0 atom stereocenters. The summed E-state index contributed by atoms with van der Waals surface area (Å²) in [6, 6.07) is 9.87. The number of anilines is 2. The van der Waals surface area contributed by atoms with Crippen LogP contribution in [0.15, 0.2) is 36.4 Å². The Morgan fingerprint density at radius 3 is 1.46 bits per heavy atom. The molecule has 2 N–H and O–H groups in total. The predicted molar refractivity (Wildman–Crippen MR) is 90.4 cm³/mol. The summed E-state index contributed by atoms with van der Waals surface area (Å²) in [5.41, 5.74) is 2.44. The average Bonchev–Trinajstić information content (AvgIpc) is 2.58. The third-order valence-corrected chi connectivity index (χ3v) is 3.55. The van der Waals surface area contributed by atoms with Crippen molar-refractivity contribution in [2.24, 2.45) is 0 Å². The molecule has 0 fully saturated rings. The molecule has 0 saturated carbocycles. The fourth-order valence-electron chi connectivity index (χ4n) is 2.26. The first kappa shape index (κ1) is 17.1. The van der Waals surface area contributed by atoms with E-state index in [1.807, 2.05) is 0 Å². The van der Waals surface area contributed by atoms with Crippen molar-refractivity contribution >= 4 is 35.8 Å². The number of rotatable bonds is 4. The van der Waals surface area contributed by atoms with Crippen molar-refractivity contribution in [3.8, 4) is 0 Å². The highest BCUT2D eigenvalue weighted by Gasteiger charge is 2.18. The first-order valence-electron chi connectivity index (χ1n) is 7.20. The monoisotopic (exact) mass is 324 g/mol. The molecule has 0 aliphatic carbocycles. The van der Waals surface area contributed by atoms with E-state index in [1.165, 1.54) is 0 Å². The van der Waals surface area contributed by atoms with Gasteiger partial charge in [-0.15, -0.1) is 0 Å². The van der Waals surface area contributed by atoms with Gasteiger partial charge in [-0.25, -0.2) is 0 Å². The van der Waals surface area contributed by atoms with Crippen LogP contribution in [0.5, 0.6) is 0 Å². The topological polar surface area (TPSA) is 92.3 Å². The minimum absolute atomic E-state index is 0.278. The Morgan fingerprint density at radius 2 is 1.12 bits per heavy atom. The van der Waals surface area contributed by atoms with Crippen LogP contribution in [0.2, 0.25) is 0 Å². The van der Waals surface area contributed by atoms with Crippen molar-refractivity contribution in [2.45, 2.75) is 13.8 Å². The van der Waals surface area contributed by atoms with E-state index in [0.717, 1.165) is 0 Å². The molecule has 0 bridgehead atoms. The van der Waals surface area contributed by atoms with Crippen LogP contribution < -0.4 is 10.6 Å². The normalized spacial score (nSPS) is 9.92. The van der Waals surface area contributed by atoms with Crippen LogP contribution in [-0.4, -0.2) is 24.4 Å². The van der Waals surface area contributed by atoms with Gasteiger partial charge in [0, 0.05) is 11.1 Å². The molecule has 0 aromatic heterocycles. The van der Waals surface area contributed by atoms with Crippen LogP contribution >= 0.6 is 0 Å². The molecule has 122 valence electrons. The highest BCUT2D eigenvalue weighted by molar-refractivity contribution is 6.44. The molecule has 2 aromatic carbocycles. The summed E-state index contributed by atoms with van der Waals surface area (Å²) in [4.78, 5) is 46.4. The van der Waals surface area contributed by atoms with Crippen molar-refractivity contribution in [2.75, 3.05) is 10.6 Å². The number of benzene rings is 2. The van der Waals surface area contributed by atoms with Crippen molar-refractivity contribution in [1.82, 2.24) is 0 Å². The van der Waals surface area contributed by atoms with Gasteiger partial charge in [0.2, 0.25) is 0 Å². The first-order chi connectivity index (χ1) is 11.5. The molecule has 2 rings (SSSR count). The predicted octanol–water partition coefficient (Wildman–Crippen LogP) is 2.51. The third-order valence-electron chi connectivity index (χ3n) is 3.55. The summed E-state index contributed by atoms with van der Waals surface area (Å²) in [7, 11) is 0. The lowest BCUT2D eigenvalue weighted by atomic mass is 10.1. The largest absolute Gasteiger partial charge is 0.317 e. The van der Waals surface area contributed by atoms with Crippen LogP contribution in [0.4, 0.5) is 11.4 Å². The Labute approximate surface area is 138 Å². The van der Waals surface area contributed by atoms with E-state index >= 15 is 0 Å². The highest BCUT2D eigenvalue weighted by Crippen LogP contribution is 2.21. The van der Waals surface area contributed by atoms with Gasteiger partial charge in [-0.3, -0.25) is 19.2 Å². The lowest BCUT2D eigenvalue weighted by Crippen LogP contribution is -2.30. The van der Waals surface area contributed by atoms with E-state index in [9.17, 15) is 19.2 Å². The minimum atomic E-state index is -0.924. The Morgan fingerprint density at radius 1 is 0.750 bits per heavy atom. The number of aldehydes is 2. The summed E-state index contributed by atoms with van der Waals surface area (Å²) < 4.78 is 0. The Hall–Kier alpha value is -3.28. The highest BCUT2D eigenvalue weighted by atomic mass is 16.2. The quantitative estimate of drug-likeness (QED) is 0.667. The molecule has 0 aliphatic rings. The summed E-state index contributed by atoms with van der Waals surface area (Å²) in [5.74, 6) is -1.85. The number of carbonyl (C=O) groups is 4. The number of hydrogen-bond acceptors (Lipinski definition) is 4. The Balaban J connectivity index is 2.22. The van der Waals surface area contributed by atoms with E-state index in [4.69, 9.17) is 0 Å². The molecule has 6 heteroatoms. The maximum Gasteiger partial charge on any atom is 0.314 e. The fourth-order valence-corrected chi connectivity index (χ4v) is 2.26. The zero-order valence-electron chi connectivity index (χ0n) is 13.3. The Bertz CT molecular complexity index is 758. The van der Waals surface area contributed by atoms with Gasteiger partial charge in [-0.05, 0) is 37.1 Å². The second-order valence-electron chi connectivity index (χ2n) is 5.22. The number of para-hydroxylation sites is 2. The van der Waals surface area contributed by atoms with E-state index in [-0.39, 0.29) is 22.5 Å². The molecule has 2 aromatic rings. The summed E-state index contributed by atoms with van der Waals surface area (Å²) >= 11 is 0. The maximum atomic E-state index is 12.1. The second kappa shape index (κ2) is 7.32. The number of amides is 2. The summed E-state index contributed by atoms with van der Waals surface area (Å²) in [6.07, 6.45) is 1.21. The number of hydrogen-bond donors (Lipinski definition) is 2. The van der Waals surface area contributed by atoms with E-state index in [0.29, 0.717) is 23.7 Å². The van der Waals surface area contributed by atoms with Gasteiger partial charge >= 0.3 is 11.8 Å². The molecular weight excluding hydrogens is 308 g/mol. The molecule has 6 nitrogen and oxygen atoms in total. The van der Waals surface area contributed by atoms with Crippen LogP contribution in [0.25, 0.3) is 0 Å². The summed E-state index contributed by atoms with van der Waals surface area (Å²) in [6.45, 7) is 3.43. The van der Waals surface area contributed by atoms with Crippen LogP contribution in [0.1, 0.15) is 31.8 Å². The lowest BCUT2D eigenvalue weighted by Gasteiger charge is -2.12. The van der Waals surface area contributed by atoms with Gasteiger partial charge in [0.25, 0.3) is 0 Å². The van der Waals surface area contributed by atoms with Crippen LogP contribution in [0, 0.1) is 13.8 Å². The van der Waals surface area contributed by atoms with Gasteiger partial charge in [0.1, 0.15) is 0 Å². The molecule has 0 unspecified atom stereocenters. The fraction of sp³-hybridized carbons (Fsp3) is 0.111. The standard InChI is InChI=1S/C18H16N2O4/c1-11-5-3-7-13(9-21)15(11)19-17(23)18(24)20-16-12(2)6-4-8-14(16)10-22/h3-10H,1-2H3,(H,19,23)(H,20,24). The summed E-state index contributed by atoms with van der Waals surface area (Å²) in [5, 5.41) is 4.87. The van der Waals surface area contributed by atoms with Gasteiger partial charge in [-0.1, -0.05) is 24.3 Å². The van der Waals surface area contributed by atoms with Gasteiger partial charge in [0.05, 0.1) is 11.4 Å². The maximum absolute atomic E-state index is 12.1. The molecule has 24 heavy (non-hydrogen) atoms. The van der Waals surface area contributed by atoms with Crippen LogP contribution in [-0.2, 0) is 9.59 Å². The van der Waals surface area contributed by atoms with Gasteiger partial charge in [0.15, 0.2) is 12.6 Å². The molecule has 0 radical (unpaired) electrons. The van der Waals surface area contributed by atoms with E-state index in [2.05, 4.69) is 10.6 Å².